The van der Waals surface area contributed by atoms with Crippen LogP contribution in [0.1, 0.15) is 856 Å². The van der Waals surface area contributed by atoms with E-state index in [-0.39, 0.29) is 48.1 Å². The Morgan fingerprint density at radius 3 is 0.255 bits per heavy atom. The Balaban J connectivity index is -0.000000617. The van der Waals surface area contributed by atoms with Crippen LogP contribution >= 0.6 is 0 Å². The molecule has 4 atom stereocenters. The van der Waals surface area contributed by atoms with Crippen molar-refractivity contribution in [1.29, 1.82) is 0 Å². The van der Waals surface area contributed by atoms with Gasteiger partial charge in [-0.2, -0.15) is 0 Å². The normalized spacial score (nSPS) is 12.8. The fraction of sp³-hybridized carbons (Fsp3) is 1.00. The minimum absolute atomic E-state index is 0. The van der Waals surface area contributed by atoms with Crippen molar-refractivity contribution in [2.45, 2.75) is 856 Å². The molecule has 0 aromatic rings. The molecule has 0 saturated heterocycles. The SMILES string of the molecule is CCCCCCCCC(CC[O-])C(CCCCCCCC)(CCCCCCCC)CCCCCCCC.CCCCCCCCC(CC[O-])C(CCCCCCCC)(CCCCCCCC)CCCCCCCC.CCCCCCCCC(CC[O-])C(CCCCCCCC)(CCCCCCCC)CCCCCCCC.CCCCCCCCC(CC[O-])C(CCCCCCCC)(CCCCCCCC)CCCCCCCC.[Ti+4]. The third-order valence-corrected chi connectivity index (χ3v) is 37.3. The van der Waals surface area contributed by atoms with Crippen LogP contribution in [0.4, 0.5) is 0 Å². The van der Waals surface area contributed by atoms with E-state index in [9.17, 15) is 20.4 Å². The molecule has 0 N–H and O–H groups in total. The predicted molar refractivity (Wildman–Crippen MR) is 670 cm³/mol. The van der Waals surface area contributed by atoms with E-state index in [0.717, 1.165) is 25.7 Å². The van der Waals surface area contributed by atoms with Crippen LogP contribution in [-0.4, -0.2) is 26.4 Å². The third-order valence-electron chi connectivity index (χ3n) is 37.3. The quantitative estimate of drug-likeness (QED) is 0.0448. The minimum atomic E-state index is 0. The molecule has 0 fully saturated rings. The van der Waals surface area contributed by atoms with Gasteiger partial charge in [0.15, 0.2) is 0 Å². The van der Waals surface area contributed by atoms with Gasteiger partial charge in [-0.25, -0.2) is 0 Å². The molecule has 896 valence electrons. The fourth-order valence-corrected chi connectivity index (χ4v) is 27.3. The molecule has 0 aliphatic heterocycles. The number of rotatable bonds is 124. The second-order valence-electron chi connectivity index (χ2n) is 50.6. The van der Waals surface area contributed by atoms with E-state index in [1.54, 1.807) is 0 Å². The summed E-state index contributed by atoms with van der Waals surface area (Å²) >= 11 is 0. The Hall–Kier alpha value is 0.554. The molecule has 5 heteroatoms. The molecular weight excluding hydrogens is 1840 g/mol. The van der Waals surface area contributed by atoms with Crippen molar-refractivity contribution < 1.29 is 42.1 Å². The van der Waals surface area contributed by atoms with Crippen LogP contribution in [0.15, 0.2) is 0 Å². The first-order valence-electron chi connectivity index (χ1n) is 71.1. The maximum atomic E-state index is 12.1. The molecule has 0 amide bonds. The average molecular weight is 2140 g/mol. The molecule has 0 aliphatic rings. The molecule has 0 radical (unpaired) electrons. The van der Waals surface area contributed by atoms with E-state index < -0.39 is 0 Å². The summed E-state index contributed by atoms with van der Waals surface area (Å²) in [5.41, 5.74) is 1.81. The summed E-state index contributed by atoms with van der Waals surface area (Å²) < 4.78 is 0. The summed E-state index contributed by atoms with van der Waals surface area (Å²) in [5.74, 6) is 2.72. The topological polar surface area (TPSA) is 92.2 Å². The first kappa shape index (κ1) is 158. The molecule has 0 aromatic carbocycles. The van der Waals surface area contributed by atoms with E-state index in [1.807, 2.05) is 0 Å². The van der Waals surface area contributed by atoms with Crippen molar-refractivity contribution in [3.05, 3.63) is 0 Å². The molecule has 0 heterocycles. The van der Waals surface area contributed by atoms with Crippen LogP contribution < -0.4 is 20.4 Å². The van der Waals surface area contributed by atoms with Crippen molar-refractivity contribution in [1.82, 2.24) is 0 Å². The van der Waals surface area contributed by atoms with Crippen molar-refractivity contribution in [2.75, 3.05) is 26.4 Å². The molecule has 0 spiro atoms. The Bertz CT molecular complexity index is 1830. The number of hydrogen-bond donors (Lipinski definition) is 0. The summed E-state index contributed by atoms with van der Waals surface area (Å²) in [6, 6.07) is 0. The van der Waals surface area contributed by atoms with Crippen LogP contribution in [0.2, 0.25) is 0 Å². The maximum absolute atomic E-state index is 12.1. The van der Waals surface area contributed by atoms with Gasteiger partial charge in [0.05, 0.1) is 0 Å². The molecule has 0 aliphatic carbocycles. The third kappa shape index (κ3) is 102. The summed E-state index contributed by atoms with van der Waals surface area (Å²) in [7, 11) is 0. The van der Waals surface area contributed by atoms with Gasteiger partial charge in [-0.15, -0.1) is 26.4 Å². The van der Waals surface area contributed by atoms with Gasteiger partial charge in [-0.05, 0) is 148 Å². The molecule has 0 rings (SSSR count). The van der Waals surface area contributed by atoms with Gasteiger partial charge < -0.3 is 20.4 Å². The smallest absolute Gasteiger partial charge is 0.854 e. The van der Waals surface area contributed by atoms with Gasteiger partial charge in [-0.1, -0.05) is 753 Å². The second-order valence-corrected chi connectivity index (χ2v) is 50.6. The van der Waals surface area contributed by atoms with E-state index in [0.29, 0.717) is 45.3 Å². The monoisotopic (exact) mass is 2130 g/mol. The molecule has 0 saturated carbocycles. The largest absolute Gasteiger partial charge is 4.00 e. The fourth-order valence-electron chi connectivity index (χ4n) is 27.3. The summed E-state index contributed by atoms with van der Waals surface area (Å²) in [5, 5.41) is 48.4. The molecule has 0 aromatic heterocycles. The summed E-state index contributed by atoms with van der Waals surface area (Å²) in [6.45, 7) is 37.7. The van der Waals surface area contributed by atoms with Crippen molar-refractivity contribution in [3.8, 4) is 0 Å². The Morgan fingerprint density at radius 1 is 0.101 bits per heavy atom. The van der Waals surface area contributed by atoms with E-state index in [2.05, 4.69) is 111 Å². The van der Waals surface area contributed by atoms with Crippen LogP contribution in [-0.2, 0) is 21.7 Å². The van der Waals surface area contributed by atoms with Gasteiger partial charge >= 0.3 is 21.7 Å². The average Bonchev–Trinajstić information content (AvgIpc) is 0.840. The van der Waals surface area contributed by atoms with Crippen LogP contribution in [0.5, 0.6) is 0 Å². The van der Waals surface area contributed by atoms with Crippen LogP contribution in [0, 0.1) is 45.3 Å². The zero-order valence-electron chi connectivity index (χ0n) is 107. The van der Waals surface area contributed by atoms with Gasteiger partial charge in [0, 0.05) is 0 Å². The van der Waals surface area contributed by atoms with E-state index >= 15 is 0 Å². The zero-order chi connectivity index (χ0) is 109. The van der Waals surface area contributed by atoms with E-state index in [1.165, 1.54) is 719 Å². The predicted octanol–water partition coefficient (Wildman–Crippen LogP) is 49.4. The van der Waals surface area contributed by atoms with Crippen molar-refractivity contribution in [2.24, 2.45) is 45.3 Å². The van der Waals surface area contributed by atoms with Gasteiger partial charge in [0.2, 0.25) is 0 Å². The molecular formula is C144H292O4Ti. The Kier molecular flexibility index (Phi) is 140. The zero-order valence-corrected chi connectivity index (χ0v) is 109. The Labute approximate surface area is 962 Å². The second kappa shape index (κ2) is 132. The number of hydrogen-bond acceptors (Lipinski definition) is 4. The van der Waals surface area contributed by atoms with Gasteiger partial charge in [0.1, 0.15) is 0 Å². The molecule has 4 nitrogen and oxygen atoms in total. The van der Waals surface area contributed by atoms with Crippen LogP contribution in [0.3, 0.4) is 0 Å². The first-order valence-corrected chi connectivity index (χ1v) is 71.1. The standard InChI is InChI=1S/4C36H73O.Ti/c4*1-5-9-13-17-21-25-29-35(30-34-37)36(31-26-22-18-14-10-6-2,32-27-23-19-15-11-7-3)33-28-24-20-16-12-8-4;/h4*35H,5-34H2,1-4H3;/q4*-1;+4. The Morgan fingerprint density at radius 2 is 0.174 bits per heavy atom. The van der Waals surface area contributed by atoms with Gasteiger partial charge in [-0.3, -0.25) is 0 Å². The van der Waals surface area contributed by atoms with Crippen LogP contribution in [0.25, 0.3) is 0 Å². The number of unbranched alkanes of at least 4 members (excludes halogenated alkanes) is 80. The molecule has 0 bridgehead atoms. The van der Waals surface area contributed by atoms with E-state index in [4.69, 9.17) is 0 Å². The van der Waals surface area contributed by atoms with Gasteiger partial charge in [0.25, 0.3) is 0 Å². The first-order chi connectivity index (χ1) is 72.8. The van der Waals surface area contributed by atoms with Crippen molar-refractivity contribution in [3.63, 3.8) is 0 Å². The maximum Gasteiger partial charge on any atom is 4.00 e. The molecule has 149 heavy (non-hydrogen) atoms. The summed E-state index contributed by atoms with van der Waals surface area (Å²) in [6.07, 6.45) is 160. The molecule has 4 unspecified atom stereocenters. The summed E-state index contributed by atoms with van der Waals surface area (Å²) in [4.78, 5) is 0. The van der Waals surface area contributed by atoms with Crippen molar-refractivity contribution >= 4 is 0 Å². The minimum Gasteiger partial charge on any atom is -0.854 e.